The second-order valence-electron chi connectivity index (χ2n) is 4.37. The number of likely N-dealkylation sites (N-methyl/N-ethyl adjacent to an activating group) is 2. The van der Waals surface area contributed by atoms with E-state index < -0.39 is 0 Å². The van der Waals surface area contributed by atoms with Crippen molar-refractivity contribution in [1.29, 1.82) is 0 Å². The molecule has 0 aliphatic heterocycles. The predicted octanol–water partition coefficient (Wildman–Crippen LogP) is -0.321. The summed E-state index contributed by atoms with van der Waals surface area (Å²) in [6.07, 6.45) is 1.90. The highest BCUT2D eigenvalue weighted by Gasteiger charge is 2.11. The standard InChI is InChI=1S/C12H25N3O3/c1-14(8-4-6-12(17)18-3)10-11(16)15(2)9-5-7-13/h4-10,13H2,1-3H3. The number of amides is 1. The Kier molecular flexibility index (Phi) is 9.22. The maximum Gasteiger partial charge on any atom is 0.305 e. The highest BCUT2D eigenvalue weighted by molar-refractivity contribution is 5.77. The van der Waals surface area contributed by atoms with Crippen molar-refractivity contribution in [2.45, 2.75) is 19.3 Å². The summed E-state index contributed by atoms with van der Waals surface area (Å²) in [6, 6.07) is 0. The van der Waals surface area contributed by atoms with Crippen molar-refractivity contribution in [1.82, 2.24) is 9.80 Å². The lowest BCUT2D eigenvalue weighted by Crippen LogP contribution is -2.38. The molecule has 0 rings (SSSR count). The first-order chi connectivity index (χ1) is 8.51. The van der Waals surface area contributed by atoms with Crippen LogP contribution in [0.15, 0.2) is 0 Å². The molecule has 1 amide bonds. The van der Waals surface area contributed by atoms with E-state index in [1.807, 2.05) is 11.9 Å². The number of nitrogens with zero attached hydrogens (tertiary/aromatic N) is 2. The molecule has 0 aromatic carbocycles. The molecule has 0 aliphatic rings. The molecule has 0 aromatic heterocycles. The van der Waals surface area contributed by atoms with E-state index in [0.29, 0.717) is 39.0 Å². The smallest absolute Gasteiger partial charge is 0.305 e. The summed E-state index contributed by atoms with van der Waals surface area (Å²) >= 11 is 0. The average molecular weight is 259 g/mol. The Morgan fingerprint density at radius 2 is 1.83 bits per heavy atom. The topological polar surface area (TPSA) is 75.9 Å². The van der Waals surface area contributed by atoms with Gasteiger partial charge in [-0.25, -0.2) is 0 Å². The predicted molar refractivity (Wildman–Crippen MR) is 70.1 cm³/mol. The van der Waals surface area contributed by atoms with Gasteiger partial charge >= 0.3 is 5.97 Å². The lowest BCUT2D eigenvalue weighted by molar-refractivity contribution is -0.140. The zero-order chi connectivity index (χ0) is 14.0. The fourth-order valence-electron chi connectivity index (χ4n) is 1.48. The van der Waals surface area contributed by atoms with Crippen molar-refractivity contribution in [3.8, 4) is 0 Å². The van der Waals surface area contributed by atoms with Crippen molar-refractivity contribution in [3.63, 3.8) is 0 Å². The summed E-state index contributed by atoms with van der Waals surface area (Å²) in [5.74, 6) is -0.140. The van der Waals surface area contributed by atoms with Crippen LogP contribution in [-0.2, 0) is 14.3 Å². The van der Waals surface area contributed by atoms with Gasteiger partial charge in [0.1, 0.15) is 0 Å². The molecule has 0 bridgehead atoms. The van der Waals surface area contributed by atoms with E-state index in [9.17, 15) is 9.59 Å². The number of carbonyl (C=O) groups excluding carboxylic acids is 2. The summed E-state index contributed by atoms with van der Waals surface area (Å²) in [6.45, 7) is 2.34. The van der Waals surface area contributed by atoms with Gasteiger partial charge in [0.15, 0.2) is 0 Å². The van der Waals surface area contributed by atoms with Crippen LogP contribution < -0.4 is 5.73 Å². The van der Waals surface area contributed by atoms with Gasteiger partial charge in [0.2, 0.25) is 5.91 Å². The van der Waals surface area contributed by atoms with Crippen LogP contribution in [0.3, 0.4) is 0 Å². The van der Waals surface area contributed by atoms with Crippen molar-refractivity contribution < 1.29 is 14.3 Å². The Morgan fingerprint density at radius 3 is 2.39 bits per heavy atom. The van der Waals surface area contributed by atoms with Gasteiger partial charge < -0.3 is 15.4 Å². The number of rotatable bonds is 9. The van der Waals surface area contributed by atoms with Crippen LogP contribution >= 0.6 is 0 Å². The van der Waals surface area contributed by atoms with E-state index in [-0.39, 0.29) is 11.9 Å². The Hall–Kier alpha value is -1.14. The molecule has 0 atom stereocenters. The molecule has 6 nitrogen and oxygen atoms in total. The zero-order valence-corrected chi connectivity index (χ0v) is 11.6. The molecule has 0 fully saturated rings. The minimum Gasteiger partial charge on any atom is -0.469 e. The maximum atomic E-state index is 11.8. The van der Waals surface area contributed by atoms with Crippen molar-refractivity contribution in [2.24, 2.45) is 5.73 Å². The molecular formula is C12H25N3O3. The number of nitrogens with two attached hydrogens (primary N) is 1. The average Bonchev–Trinajstić information content (AvgIpc) is 2.35. The van der Waals surface area contributed by atoms with Crippen LogP contribution in [0.5, 0.6) is 0 Å². The van der Waals surface area contributed by atoms with Crippen LogP contribution in [0.4, 0.5) is 0 Å². The molecule has 18 heavy (non-hydrogen) atoms. The number of carbonyl (C=O) groups is 2. The zero-order valence-electron chi connectivity index (χ0n) is 11.6. The quantitative estimate of drug-likeness (QED) is 0.574. The van der Waals surface area contributed by atoms with Gasteiger partial charge in [-0.15, -0.1) is 0 Å². The first kappa shape index (κ1) is 16.9. The molecule has 0 heterocycles. The van der Waals surface area contributed by atoms with Gasteiger partial charge in [0, 0.05) is 20.0 Å². The minimum atomic E-state index is -0.213. The van der Waals surface area contributed by atoms with Crippen molar-refractivity contribution in [2.75, 3.05) is 47.4 Å². The van der Waals surface area contributed by atoms with E-state index in [1.165, 1.54) is 7.11 Å². The van der Waals surface area contributed by atoms with Crippen molar-refractivity contribution >= 4 is 11.9 Å². The molecule has 0 aromatic rings. The summed E-state index contributed by atoms with van der Waals surface area (Å²) in [5.41, 5.74) is 5.39. The van der Waals surface area contributed by atoms with Crippen LogP contribution in [-0.4, -0.2) is 69.1 Å². The number of hydrogen-bond acceptors (Lipinski definition) is 5. The lowest BCUT2D eigenvalue weighted by Gasteiger charge is -2.21. The highest BCUT2D eigenvalue weighted by atomic mass is 16.5. The molecule has 0 aliphatic carbocycles. The van der Waals surface area contributed by atoms with Crippen LogP contribution in [0.25, 0.3) is 0 Å². The second-order valence-corrected chi connectivity index (χ2v) is 4.37. The number of ether oxygens (including phenoxy) is 1. The van der Waals surface area contributed by atoms with Crippen LogP contribution in [0.2, 0.25) is 0 Å². The summed E-state index contributed by atoms with van der Waals surface area (Å²) < 4.78 is 4.55. The Balaban J connectivity index is 3.75. The van der Waals surface area contributed by atoms with Gasteiger partial charge in [0.05, 0.1) is 13.7 Å². The van der Waals surface area contributed by atoms with Gasteiger partial charge in [-0.1, -0.05) is 0 Å². The molecule has 106 valence electrons. The fourth-order valence-corrected chi connectivity index (χ4v) is 1.48. The van der Waals surface area contributed by atoms with Gasteiger partial charge in [0.25, 0.3) is 0 Å². The van der Waals surface area contributed by atoms with E-state index in [0.717, 1.165) is 6.42 Å². The monoisotopic (exact) mass is 259 g/mol. The summed E-state index contributed by atoms with van der Waals surface area (Å²) in [7, 11) is 5.02. The van der Waals surface area contributed by atoms with Crippen LogP contribution in [0.1, 0.15) is 19.3 Å². The van der Waals surface area contributed by atoms with E-state index >= 15 is 0 Å². The third-order valence-electron chi connectivity index (χ3n) is 2.68. The molecule has 2 N–H and O–H groups in total. The second kappa shape index (κ2) is 9.85. The van der Waals surface area contributed by atoms with Gasteiger partial charge in [-0.05, 0) is 33.0 Å². The number of methoxy groups -OCH3 is 1. The first-order valence-electron chi connectivity index (χ1n) is 6.20. The van der Waals surface area contributed by atoms with Crippen LogP contribution in [0, 0.1) is 0 Å². The van der Waals surface area contributed by atoms with E-state index in [1.54, 1.807) is 11.9 Å². The van der Waals surface area contributed by atoms with Gasteiger partial charge in [-0.3, -0.25) is 14.5 Å². The lowest BCUT2D eigenvalue weighted by atomic mass is 10.3. The third kappa shape index (κ3) is 8.03. The molecule has 0 unspecified atom stereocenters. The Morgan fingerprint density at radius 1 is 1.17 bits per heavy atom. The molecule has 0 saturated heterocycles. The minimum absolute atomic E-state index is 0.0732. The summed E-state index contributed by atoms with van der Waals surface area (Å²) in [5, 5.41) is 0. The summed E-state index contributed by atoms with van der Waals surface area (Å²) in [4.78, 5) is 26.3. The van der Waals surface area contributed by atoms with Gasteiger partial charge in [-0.2, -0.15) is 0 Å². The van der Waals surface area contributed by atoms with E-state index in [2.05, 4.69) is 4.74 Å². The number of esters is 1. The molecule has 6 heteroatoms. The Labute approximate surface area is 109 Å². The molecule has 0 saturated carbocycles. The fraction of sp³-hybridized carbons (Fsp3) is 0.833. The third-order valence-corrected chi connectivity index (χ3v) is 2.68. The largest absolute Gasteiger partial charge is 0.469 e. The maximum absolute atomic E-state index is 11.8. The number of hydrogen-bond donors (Lipinski definition) is 1. The molecular weight excluding hydrogens is 234 g/mol. The molecule has 0 radical (unpaired) electrons. The molecule has 0 spiro atoms. The van der Waals surface area contributed by atoms with E-state index in [4.69, 9.17) is 5.73 Å². The highest BCUT2D eigenvalue weighted by Crippen LogP contribution is 1.96. The SMILES string of the molecule is COC(=O)CCCN(C)CC(=O)N(C)CCCN. The first-order valence-corrected chi connectivity index (χ1v) is 6.20. The Bertz CT molecular complexity index is 259. The van der Waals surface area contributed by atoms with Crippen molar-refractivity contribution in [3.05, 3.63) is 0 Å². The normalized spacial score (nSPS) is 10.5.